The van der Waals surface area contributed by atoms with Gasteiger partial charge in [0.05, 0.1) is 23.0 Å². The predicted molar refractivity (Wildman–Crippen MR) is 87.2 cm³/mol. The third-order valence-electron chi connectivity index (χ3n) is 3.32. The maximum atomic E-state index is 6.31. The Kier molecular flexibility index (Phi) is 5.24. The quantitative estimate of drug-likeness (QED) is 0.868. The number of aryl methyl sites for hydroxylation is 2. The molecule has 3 nitrogen and oxygen atoms in total. The summed E-state index contributed by atoms with van der Waals surface area (Å²) in [6.07, 6.45) is 2.77. The van der Waals surface area contributed by atoms with E-state index >= 15 is 0 Å². The number of hydrogen-bond donors (Lipinski definition) is 1. The Balaban J connectivity index is 2.44. The first-order valence-electron chi connectivity index (χ1n) is 6.71. The molecule has 0 saturated carbocycles. The molecule has 0 spiro atoms. The van der Waals surface area contributed by atoms with Crippen LogP contribution in [-0.4, -0.2) is 16.3 Å². The molecule has 0 saturated heterocycles. The van der Waals surface area contributed by atoms with E-state index in [0.29, 0.717) is 5.02 Å². The summed E-state index contributed by atoms with van der Waals surface area (Å²) >= 11 is 9.85. The van der Waals surface area contributed by atoms with Crippen LogP contribution in [0.5, 0.6) is 0 Å². The molecule has 1 aromatic carbocycles. The zero-order chi connectivity index (χ0) is 14.7. The summed E-state index contributed by atoms with van der Waals surface area (Å²) in [5.74, 6) is 0. The number of nitrogens with zero attached hydrogens (tertiary/aromatic N) is 2. The Labute approximate surface area is 133 Å². The molecule has 0 radical (unpaired) electrons. The highest BCUT2D eigenvalue weighted by Crippen LogP contribution is 2.30. The van der Waals surface area contributed by atoms with Crippen molar-refractivity contribution < 1.29 is 0 Å². The van der Waals surface area contributed by atoms with Crippen molar-refractivity contribution in [2.75, 3.05) is 6.54 Å². The second-order valence-electron chi connectivity index (χ2n) is 4.90. The third kappa shape index (κ3) is 3.25. The molecule has 108 valence electrons. The summed E-state index contributed by atoms with van der Waals surface area (Å²) in [6.45, 7) is 5.18. The van der Waals surface area contributed by atoms with Gasteiger partial charge in [0.2, 0.25) is 0 Å². The molecule has 5 heteroatoms. The zero-order valence-electron chi connectivity index (χ0n) is 12.0. The van der Waals surface area contributed by atoms with Gasteiger partial charge in [0.25, 0.3) is 0 Å². The first-order valence-corrected chi connectivity index (χ1v) is 7.88. The topological polar surface area (TPSA) is 29.9 Å². The van der Waals surface area contributed by atoms with Crippen molar-refractivity contribution in [3.63, 3.8) is 0 Å². The SMILES string of the molecule is CCCNC(c1ccc(Br)c(C)c1)c1c(Cl)cnn1C. The predicted octanol–water partition coefficient (Wildman–Crippen LogP) is 4.23. The average molecular weight is 357 g/mol. The fraction of sp³-hybridized carbons (Fsp3) is 0.400. The highest BCUT2D eigenvalue weighted by atomic mass is 79.9. The molecular weight excluding hydrogens is 338 g/mol. The van der Waals surface area contributed by atoms with Crippen molar-refractivity contribution in [2.45, 2.75) is 26.3 Å². The zero-order valence-corrected chi connectivity index (χ0v) is 14.3. The average Bonchev–Trinajstić information content (AvgIpc) is 2.75. The van der Waals surface area contributed by atoms with E-state index in [4.69, 9.17) is 11.6 Å². The molecular formula is C15H19BrClN3. The Morgan fingerprint density at radius 2 is 2.20 bits per heavy atom. The summed E-state index contributed by atoms with van der Waals surface area (Å²) < 4.78 is 2.96. The lowest BCUT2D eigenvalue weighted by Crippen LogP contribution is -2.25. The summed E-state index contributed by atoms with van der Waals surface area (Å²) in [6, 6.07) is 6.44. The Morgan fingerprint density at radius 1 is 1.45 bits per heavy atom. The molecule has 1 aromatic heterocycles. The molecule has 1 unspecified atom stereocenters. The Hall–Kier alpha value is -0.840. The smallest absolute Gasteiger partial charge is 0.0837 e. The van der Waals surface area contributed by atoms with Crippen LogP contribution in [0.3, 0.4) is 0 Å². The van der Waals surface area contributed by atoms with Crippen LogP contribution < -0.4 is 5.32 Å². The van der Waals surface area contributed by atoms with Crippen molar-refractivity contribution >= 4 is 27.5 Å². The van der Waals surface area contributed by atoms with E-state index in [1.807, 2.05) is 11.7 Å². The number of nitrogens with one attached hydrogen (secondary N) is 1. The van der Waals surface area contributed by atoms with E-state index < -0.39 is 0 Å². The molecule has 1 atom stereocenters. The van der Waals surface area contributed by atoms with Crippen molar-refractivity contribution in [3.05, 3.63) is 50.7 Å². The minimum atomic E-state index is 0.0572. The molecule has 2 aromatic rings. The van der Waals surface area contributed by atoms with Crippen LogP contribution in [0, 0.1) is 6.92 Å². The number of halogens is 2. The van der Waals surface area contributed by atoms with Gasteiger partial charge in [0.1, 0.15) is 0 Å². The molecule has 0 fully saturated rings. The van der Waals surface area contributed by atoms with Crippen LogP contribution in [0.2, 0.25) is 5.02 Å². The van der Waals surface area contributed by atoms with Gasteiger partial charge >= 0.3 is 0 Å². The summed E-state index contributed by atoms with van der Waals surface area (Å²) in [5.41, 5.74) is 3.41. The van der Waals surface area contributed by atoms with Gasteiger partial charge in [-0.3, -0.25) is 4.68 Å². The highest BCUT2D eigenvalue weighted by Gasteiger charge is 2.20. The van der Waals surface area contributed by atoms with Crippen molar-refractivity contribution in [2.24, 2.45) is 7.05 Å². The fourth-order valence-corrected chi connectivity index (χ4v) is 2.78. The standard InChI is InChI=1S/C15H19BrClN3/c1-4-7-18-14(15-13(17)9-19-20(15)3)11-5-6-12(16)10(2)8-11/h5-6,8-9,14,18H,4,7H2,1-3H3. The molecule has 0 aliphatic heterocycles. The van der Waals surface area contributed by atoms with Crippen molar-refractivity contribution in [1.29, 1.82) is 0 Å². The Bertz CT molecular complexity index is 575. The van der Waals surface area contributed by atoms with Gasteiger partial charge in [-0.05, 0) is 37.1 Å². The van der Waals surface area contributed by atoms with Gasteiger partial charge in [0.15, 0.2) is 0 Å². The second-order valence-corrected chi connectivity index (χ2v) is 6.16. The van der Waals surface area contributed by atoms with Gasteiger partial charge < -0.3 is 5.32 Å². The lowest BCUT2D eigenvalue weighted by Gasteiger charge is -2.20. The number of aromatic nitrogens is 2. The molecule has 0 aliphatic carbocycles. The van der Waals surface area contributed by atoms with Gasteiger partial charge in [0, 0.05) is 11.5 Å². The first kappa shape index (κ1) is 15.5. The van der Waals surface area contributed by atoms with Crippen LogP contribution in [-0.2, 0) is 7.05 Å². The van der Waals surface area contributed by atoms with E-state index in [0.717, 1.165) is 23.1 Å². The molecule has 0 bridgehead atoms. The van der Waals surface area contributed by atoms with E-state index in [-0.39, 0.29) is 6.04 Å². The van der Waals surface area contributed by atoms with Crippen LogP contribution in [0.25, 0.3) is 0 Å². The Morgan fingerprint density at radius 3 is 2.75 bits per heavy atom. The first-order chi connectivity index (χ1) is 9.54. The second kappa shape index (κ2) is 6.74. The van der Waals surface area contributed by atoms with Crippen LogP contribution >= 0.6 is 27.5 Å². The number of rotatable bonds is 5. The van der Waals surface area contributed by atoms with E-state index in [1.165, 1.54) is 11.1 Å². The molecule has 0 amide bonds. The molecule has 0 aliphatic rings. The van der Waals surface area contributed by atoms with Crippen molar-refractivity contribution in [1.82, 2.24) is 15.1 Å². The van der Waals surface area contributed by atoms with Gasteiger partial charge in [-0.2, -0.15) is 5.10 Å². The lowest BCUT2D eigenvalue weighted by atomic mass is 10.0. The van der Waals surface area contributed by atoms with E-state index in [2.05, 4.69) is 58.4 Å². The highest BCUT2D eigenvalue weighted by molar-refractivity contribution is 9.10. The third-order valence-corrected chi connectivity index (χ3v) is 4.51. The normalized spacial score (nSPS) is 12.7. The minimum absolute atomic E-state index is 0.0572. The summed E-state index contributed by atoms with van der Waals surface area (Å²) in [5, 5.41) is 8.50. The molecule has 1 heterocycles. The lowest BCUT2D eigenvalue weighted by molar-refractivity contribution is 0.553. The molecule has 20 heavy (non-hydrogen) atoms. The maximum absolute atomic E-state index is 6.31. The van der Waals surface area contributed by atoms with Crippen LogP contribution in [0.15, 0.2) is 28.9 Å². The minimum Gasteiger partial charge on any atom is -0.305 e. The van der Waals surface area contributed by atoms with Crippen LogP contribution in [0.1, 0.15) is 36.2 Å². The van der Waals surface area contributed by atoms with E-state index in [9.17, 15) is 0 Å². The fourth-order valence-electron chi connectivity index (χ4n) is 2.25. The summed E-state index contributed by atoms with van der Waals surface area (Å²) in [7, 11) is 1.92. The molecule has 1 N–H and O–H groups in total. The van der Waals surface area contributed by atoms with E-state index in [1.54, 1.807) is 6.20 Å². The van der Waals surface area contributed by atoms with Crippen LogP contribution in [0.4, 0.5) is 0 Å². The maximum Gasteiger partial charge on any atom is 0.0837 e. The van der Waals surface area contributed by atoms with Gasteiger partial charge in [-0.1, -0.05) is 46.6 Å². The van der Waals surface area contributed by atoms with Gasteiger partial charge in [-0.25, -0.2) is 0 Å². The molecule has 2 rings (SSSR count). The number of hydrogen-bond acceptors (Lipinski definition) is 2. The van der Waals surface area contributed by atoms with Gasteiger partial charge in [-0.15, -0.1) is 0 Å². The number of benzene rings is 1. The van der Waals surface area contributed by atoms with Crippen molar-refractivity contribution in [3.8, 4) is 0 Å². The monoisotopic (exact) mass is 355 g/mol. The summed E-state index contributed by atoms with van der Waals surface area (Å²) in [4.78, 5) is 0. The largest absolute Gasteiger partial charge is 0.305 e.